The maximum atomic E-state index is 12.4. The minimum Gasteiger partial charge on any atom is -0.353 e. The third-order valence-corrected chi connectivity index (χ3v) is 5.31. The highest BCUT2D eigenvalue weighted by molar-refractivity contribution is 7.08. The highest BCUT2D eigenvalue weighted by atomic mass is 32.1. The quantitative estimate of drug-likeness (QED) is 0.603. The van der Waals surface area contributed by atoms with Crippen LogP contribution in [-0.2, 0) is 4.79 Å². The summed E-state index contributed by atoms with van der Waals surface area (Å²) in [7, 11) is 0. The Labute approximate surface area is 169 Å². The van der Waals surface area contributed by atoms with Crippen LogP contribution in [0, 0.1) is 0 Å². The molecule has 3 rings (SSSR count). The Hall–Kier alpha value is -2.92. The normalized spacial score (nSPS) is 11.8. The van der Waals surface area contributed by atoms with E-state index in [2.05, 4.69) is 34.9 Å². The number of thiophene rings is 1. The number of hydrogen-bond donors (Lipinski definition) is 2. The summed E-state index contributed by atoms with van der Waals surface area (Å²) < 4.78 is 0. The summed E-state index contributed by atoms with van der Waals surface area (Å²) in [5.74, 6) is -0.157. The summed E-state index contributed by atoms with van der Waals surface area (Å²) in [5, 5.41) is 9.54. The first kappa shape index (κ1) is 19.8. The smallest absolute Gasteiger partial charge is 0.252 e. The van der Waals surface area contributed by atoms with Gasteiger partial charge in [-0.2, -0.15) is 11.3 Å². The SMILES string of the molecule is CC(NC(=O)CCNC(=O)c1ccsc1)C(c1ccccc1)c1ccccc1. The summed E-state index contributed by atoms with van der Waals surface area (Å²) in [6, 6.07) is 22.1. The maximum absolute atomic E-state index is 12.4. The van der Waals surface area contributed by atoms with Gasteiger partial charge in [0, 0.05) is 35.9 Å². The molecule has 144 valence electrons. The van der Waals surface area contributed by atoms with E-state index in [4.69, 9.17) is 0 Å². The molecule has 0 aliphatic heterocycles. The number of benzene rings is 2. The fourth-order valence-electron chi connectivity index (χ4n) is 3.29. The molecule has 5 heteroatoms. The topological polar surface area (TPSA) is 58.2 Å². The minimum absolute atomic E-state index is 0.0618. The second kappa shape index (κ2) is 9.85. The second-order valence-corrected chi connectivity index (χ2v) is 7.45. The Morgan fingerprint density at radius 2 is 1.54 bits per heavy atom. The van der Waals surface area contributed by atoms with Crippen molar-refractivity contribution >= 4 is 23.2 Å². The molecule has 3 aromatic rings. The van der Waals surface area contributed by atoms with Crippen molar-refractivity contribution < 1.29 is 9.59 Å². The Morgan fingerprint density at radius 1 is 0.929 bits per heavy atom. The lowest BCUT2D eigenvalue weighted by molar-refractivity contribution is -0.121. The van der Waals surface area contributed by atoms with Crippen molar-refractivity contribution in [3.63, 3.8) is 0 Å². The zero-order valence-corrected chi connectivity index (χ0v) is 16.6. The molecule has 28 heavy (non-hydrogen) atoms. The minimum atomic E-state index is -0.145. The van der Waals surface area contributed by atoms with Crippen LogP contribution in [0.1, 0.15) is 40.7 Å². The van der Waals surface area contributed by atoms with Gasteiger partial charge in [-0.15, -0.1) is 0 Å². The molecule has 0 fully saturated rings. The van der Waals surface area contributed by atoms with Crippen LogP contribution >= 0.6 is 11.3 Å². The third-order valence-electron chi connectivity index (χ3n) is 4.63. The maximum Gasteiger partial charge on any atom is 0.252 e. The van der Waals surface area contributed by atoms with Crippen molar-refractivity contribution in [1.29, 1.82) is 0 Å². The van der Waals surface area contributed by atoms with Crippen LogP contribution in [0.25, 0.3) is 0 Å². The fourth-order valence-corrected chi connectivity index (χ4v) is 3.92. The summed E-state index contributed by atoms with van der Waals surface area (Å²) >= 11 is 1.47. The average Bonchev–Trinajstić information content (AvgIpc) is 3.25. The summed E-state index contributed by atoms with van der Waals surface area (Å²) in [5.41, 5.74) is 2.95. The first-order valence-electron chi connectivity index (χ1n) is 9.35. The number of carbonyl (C=O) groups excluding carboxylic acids is 2. The van der Waals surface area contributed by atoms with Gasteiger partial charge in [0.25, 0.3) is 5.91 Å². The largest absolute Gasteiger partial charge is 0.353 e. The number of rotatable bonds is 8. The molecule has 0 spiro atoms. The van der Waals surface area contributed by atoms with E-state index in [1.165, 1.54) is 11.3 Å². The van der Waals surface area contributed by atoms with Crippen LogP contribution in [0.15, 0.2) is 77.5 Å². The Bertz CT molecular complexity index is 840. The summed E-state index contributed by atoms with van der Waals surface area (Å²) in [6.07, 6.45) is 0.247. The van der Waals surface area contributed by atoms with Gasteiger partial charge in [-0.25, -0.2) is 0 Å². The van der Waals surface area contributed by atoms with E-state index in [1.807, 2.05) is 48.7 Å². The standard InChI is InChI=1S/C23H24N2O2S/c1-17(25-21(26)12-14-24-23(27)20-13-15-28-16-20)22(18-8-4-2-5-9-18)19-10-6-3-7-11-19/h2-11,13,15-17,22H,12,14H2,1H3,(H,24,27)(H,25,26). The lowest BCUT2D eigenvalue weighted by Gasteiger charge is -2.26. The predicted molar refractivity (Wildman–Crippen MR) is 114 cm³/mol. The van der Waals surface area contributed by atoms with Gasteiger partial charge in [0.15, 0.2) is 0 Å². The Morgan fingerprint density at radius 3 is 2.07 bits per heavy atom. The number of carbonyl (C=O) groups is 2. The Kier molecular flexibility index (Phi) is 6.98. The van der Waals surface area contributed by atoms with Gasteiger partial charge >= 0.3 is 0 Å². The summed E-state index contributed by atoms with van der Waals surface area (Å²) in [6.45, 7) is 2.33. The molecule has 1 heterocycles. The number of amides is 2. The molecule has 1 aromatic heterocycles. The number of hydrogen-bond acceptors (Lipinski definition) is 3. The third kappa shape index (κ3) is 5.30. The highest BCUT2D eigenvalue weighted by Crippen LogP contribution is 2.27. The molecular formula is C23H24N2O2S. The van der Waals surface area contributed by atoms with E-state index in [-0.39, 0.29) is 30.2 Å². The Balaban J connectivity index is 1.59. The van der Waals surface area contributed by atoms with Gasteiger partial charge in [0.05, 0.1) is 0 Å². The van der Waals surface area contributed by atoms with E-state index in [0.29, 0.717) is 12.1 Å². The lowest BCUT2D eigenvalue weighted by Crippen LogP contribution is -2.39. The monoisotopic (exact) mass is 392 g/mol. The molecule has 2 N–H and O–H groups in total. The number of nitrogens with one attached hydrogen (secondary N) is 2. The zero-order valence-electron chi connectivity index (χ0n) is 15.8. The van der Waals surface area contributed by atoms with Crippen LogP contribution in [0.4, 0.5) is 0 Å². The second-order valence-electron chi connectivity index (χ2n) is 6.67. The molecule has 0 saturated carbocycles. The molecule has 0 radical (unpaired) electrons. The fraction of sp³-hybridized carbons (Fsp3) is 0.217. The van der Waals surface area contributed by atoms with Crippen molar-refractivity contribution in [3.05, 3.63) is 94.2 Å². The lowest BCUT2D eigenvalue weighted by atomic mass is 9.86. The molecule has 0 aliphatic rings. The van der Waals surface area contributed by atoms with Crippen molar-refractivity contribution in [2.75, 3.05) is 6.54 Å². The van der Waals surface area contributed by atoms with Gasteiger partial charge in [-0.3, -0.25) is 9.59 Å². The van der Waals surface area contributed by atoms with E-state index in [9.17, 15) is 9.59 Å². The van der Waals surface area contributed by atoms with Gasteiger partial charge < -0.3 is 10.6 Å². The summed E-state index contributed by atoms with van der Waals surface area (Å²) in [4.78, 5) is 24.4. The van der Waals surface area contributed by atoms with Crippen LogP contribution < -0.4 is 10.6 Å². The van der Waals surface area contributed by atoms with Gasteiger partial charge in [-0.05, 0) is 29.5 Å². The molecule has 0 saturated heterocycles. The van der Waals surface area contributed by atoms with Crippen LogP contribution in [0.5, 0.6) is 0 Å². The van der Waals surface area contributed by atoms with Crippen molar-refractivity contribution in [3.8, 4) is 0 Å². The first-order chi connectivity index (χ1) is 13.6. The van der Waals surface area contributed by atoms with Crippen LogP contribution in [-0.4, -0.2) is 24.4 Å². The zero-order chi connectivity index (χ0) is 19.8. The van der Waals surface area contributed by atoms with Crippen molar-refractivity contribution in [1.82, 2.24) is 10.6 Å². The highest BCUT2D eigenvalue weighted by Gasteiger charge is 2.22. The molecule has 0 bridgehead atoms. The molecule has 1 atom stereocenters. The van der Waals surface area contributed by atoms with Crippen molar-refractivity contribution in [2.24, 2.45) is 0 Å². The molecular weight excluding hydrogens is 368 g/mol. The molecule has 4 nitrogen and oxygen atoms in total. The molecule has 2 aromatic carbocycles. The van der Waals surface area contributed by atoms with E-state index in [0.717, 1.165) is 11.1 Å². The molecule has 2 amide bonds. The predicted octanol–water partition coefficient (Wildman–Crippen LogP) is 4.20. The van der Waals surface area contributed by atoms with E-state index >= 15 is 0 Å². The van der Waals surface area contributed by atoms with Gasteiger partial charge in [0.1, 0.15) is 0 Å². The average molecular weight is 393 g/mol. The van der Waals surface area contributed by atoms with Gasteiger partial charge in [0.2, 0.25) is 5.91 Å². The van der Waals surface area contributed by atoms with E-state index in [1.54, 1.807) is 11.4 Å². The van der Waals surface area contributed by atoms with Crippen molar-refractivity contribution in [2.45, 2.75) is 25.3 Å². The molecule has 0 aliphatic carbocycles. The van der Waals surface area contributed by atoms with Crippen LogP contribution in [0.2, 0.25) is 0 Å². The van der Waals surface area contributed by atoms with Crippen LogP contribution in [0.3, 0.4) is 0 Å². The van der Waals surface area contributed by atoms with E-state index < -0.39 is 0 Å². The molecule has 1 unspecified atom stereocenters. The first-order valence-corrected chi connectivity index (χ1v) is 10.3. The van der Waals surface area contributed by atoms with Gasteiger partial charge in [-0.1, -0.05) is 60.7 Å².